The second-order valence-corrected chi connectivity index (χ2v) is 13.1. The molecule has 0 unspecified atom stereocenters. The fourth-order valence-electron chi connectivity index (χ4n) is 5.47. The molecule has 1 atom stereocenters. The SMILES string of the molecule is C=CCc1cc(/C=c2/sc3n(c2=O)[C@@H](c2cccs2)C(C(=O)Nc2ccccc2)=C(C)N=3)cc(OCC)c1OCc1ccccc1Cl. The standard InChI is InChI=1S/C37H32ClN3O4S2/c1-4-12-25-19-24(20-29(44-5-2)34(25)45-22-26-13-9-10-16-28(26)38)21-31-36(43)41-33(30-17-11-18-46-30)32(23(3)39-37(41)47-31)35(42)40-27-14-7-6-8-15-27/h4,6-11,13-21,33H,1,5,12,22H2,2-3H3,(H,40,42)/b31-21+/t33-/m0/s1. The quantitative estimate of drug-likeness (QED) is 0.149. The molecule has 0 bridgehead atoms. The van der Waals surface area contributed by atoms with Crippen molar-refractivity contribution in [2.24, 2.45) is 4.99 Å². The number of hydrogen-bond acceptors (Lipinski definition) is 7. The van der Waals surface area contributed by atoms with Crippen LogP contribution in [-0.2, 0) is 17.8 Å². The number of benzene rings is 3. The van der Waals surface area contributed by atoms with Gasteiger partial charge in [0.15, 0.2) is 16.3 Å². The summed E-state index contributed by atoms with van der Waals surface area (Å²) in [6.45, 7) is 8.36. The number of thiazole rings is 1. The number of carbonyl (C=O) groups is 1. The van der Waals surface area contributed by atoms with Crippen LogP contribution in [0.3, 0.4) is 0 Å². The first-order valence-electron chi connectivity index (χ1n) is 15.1. The Bertz CT molecular complexity index is 2150. The fraction of sp³-hybridized carbons (Fsp3) is 0.162. The summed E-state index contributed by atoms with van der Waals surface area (Å²) in [4.78, 5) is 34.1. The van der Waals surface area contributed by atoms with Crippen molar-refractivity contribution in [1.29, 1.82) is 0 Å². The van der Waals surface area contributed by atoms with E-state index < -0.39 is 6.04 Å². The smallest absolute Gasteiger partial charge is 0.271 e. The summed E-state index contributed by atoms with van der Waals surface area (Å²) >= 11 is 9.17. The van der Waals surface area contributed by atoms with E-state index in [9.17, 15) is 9.59 Å². The van der Waals surface area contributed by atoms with Gasteiger partial charge in [-0.15, -0.1) is 17.9 Å². The zero-order valence-electron chi connectivity index (χ0n) is 25.9. The van der Waals surface area contributed by atoms with Crippen LogP contribution in [0.5, 0.6) is 11.5 Å². The maximum Gasteiger partial charge on any atom is 0.271 e. The minimum atomic E-state index is -0.618. The summed E-state index contributed by atoms with van der Waals surface area (Å²) in [5.41, 5.74) is 3.93. The third kappa shape index (κ3) is 6.88. The van der Waals surface area contributed by atoms with Gasteiger partial charge in [-0.25, -0.2) is 4.99 Å². The largest absolute Gasteiger partial charge is 0.490 e. The first kappa shape index (κ1) is 32.2. The molecule has 7 nitrogen and oxygen atoms in total. The van der Waals surface area contributed by atoms with Crippen LogP contribution < -0.4 is 29.7 Å². The second-order valence-electron chi connectivity index (χ2n) is 10.7. The Morgan fingerprint density at radius 3 is 2.57 bits per heavy atom. The number of hydrogen-bond donors (Lipinski definition) is 1. The number of carbonyl (C=O) groups excluding carboxylic acids is 1. The first-order valence-corrected chi connectivity index (χ1v) is 17.1. The van der Waals surface area contributed by atoms with Crippen molar-refractivity contribution < 1.29 is 14.3 Å². The highest BCUT2D eigenvalue weighted by atomic mass is 35.5. The molecule has 238 valence electrons. The number of fused-ring (bicyclic) bond motifs is 1. The van der Waals surface area contributed by atoms with Gasteiger partial charge >= 0.3 is 0 Å². The number of para-hydroxylation sites is 1. The Kier molecular flexibility index (Phi) is 9.87. The van der Waals surface area contributed by atoms with Crippen molar-refractivity contribution in [2.45, 2.75) is 32.9 Å². The molecule has 1 aliphatic heterocycles. The van der Waals surface area contributed by atoms with Gasteiger partial charge in [0, 0.05) is 26.7 Å². The molecule has 6 rings (SSSR count). The lowest BCUT2D eigenvalue weighted by Crippen LogP contribution is -2.40. The molecular formula is C37H32ClN3O4S2. The predicted molar refractivity (Wildman–Crippen MR) is 190 cm³/mol. The average Bonchev–Trinajstić information content (AvgIpc) is 3.70. The lowest BCUT2D eigenvalue weighted by Gasteiger charge is -2.24. The normalized spacial score (nSPS) is 14.4. The number of anilines is 1. The van der Waals surface area contributed by atoms with E-state index in [1.54, 1.807) is 10.6 Å². The van der Waals surface area contributed by atoms with Crippen molar-refractivity contribution in [3.63, 3.8) is 0 Å². The van der Waals surface area contributed by atoms with Gasteiger partial charge in [-0.3, -0.25) is 14.2 Å². The molecule has 47 heavy (non-hydrogen) atoms. The molecule has 3 aromatic carbocycles. The van der Waals surface area contributed by atoms with Crippen LogP contribution in [-0.4, -0.2) is 17.1 Å². The van der Waals surface area contributed by atoms with Gasteiger partial charge in [0.2, 0.25) is 0 Å². The van der Waals surface area contributed by atoms with Crippen LogP contribution in [0.25, 0.3) is 6.08 Å². The Morgan fingerprint density at radius 2 is 1.85 bits per heavy atom. The van der Waals surface area contributed by atoms with Crippen LogP contribution in [0.1, 0.15) is 41.5 Å². The van der Waals surface area contributed by atoms with Gasteiger partial charge in [0.05, 0.1) is 22.4 Å². The number of ether oxygens (including phenoxy) is 2. The van der Waals surface area contributed by atoms with Gasteiger partial charge < -0.3 is 14.8 Å². The topological polar surface area (TPSA) is 81.9 Å². The van der Waals surface area contributed by atoms with Gasteiger partial charge in [0.1, 0.15) is 12.6 Å². The zero-order valence-corrected chi connectivity index (χ0v) is 28.3. The molecule has 0 saturated heterocycles. The first-order chi connectivity index (χ1) is 22.9. The van der Waals surface area contributed by atoms with E-state index in [1.165, 1.54) is 22.7 Å². The second kappa shape index (κ2) is 14.4. The molecule has 3 heterocycles. The number of thiophene rings is 1. The summed E-state index contributed by atoms with van der Waals surface area (Å²) in [6, 6.07) is 23.9. The molecule has 5 aromatic rings. The summed E-state index contributed by atoms with van der Waals surface area (Å²) in [7, 11) is 0. The molecule has 1 N–H and O–H groups in total. The maximum absolute atomic E-state index is 14.2. The predicted octanol–water partition coefficient (Wildman–Crippen LogP) is 7.30. The number of halogens is 1. The molecule has 2 aromatic heterocycles. The summed E-state index contributed by atoms with van der Waals surface area (Å²) in [5.74, 6) is 0.866. The van der Waals surface area contributed by atoms with Crippen LogP contribution in [0.15, 0.2) is 118 Å². The maximum atomic E-state index is 14.2. The van der Waals surface area contributed by atoms with Crippen molar-refractivity contribution in [3.05, 3.63) is 154 Å². The number of nitrogens with zero attached hydrogens (tertiary/aromatic N) is 2. The molecule has 0 spiro atoms. The Balaban J connectivity index is 1.42. The average molecular weight is 682 g/mol. The van der Waals surface area contributed by atoms with Gasteiger partial charge in [-0.1, -0.05) is 71.5 Å². The van der Waals surface area contributed by atoms with E-state index in [-0.39, 0.29) is 18.1 Å². The minimum absolute atomic E-state index is 0.230. The third-order valence-electron chi connectivity index (χ3n) is 7.56. The minimum Gasteiger partial charge on any atom is -0.490 e. The Hall–Kier alpha value is -4.70. The fourth-order valence-corrected chi connectivity index (χ4v) is 7.53. The van der Waals surface area contributed by atoms with Gasteiger partial charge in [0.25, 0.3) is 11.5 Å². The van der Waals surface area contributed by atoms with Gasteiger partial charge in [-0.05, 0) is 73.7 Å². The number of allylic oxidation sites excluding steroid dienone is 2. The Labute approximate surface area is 285 Å². The molecule has 1 aliphatic rings. The van der Waals surface area contributed by atoms with Crippen molar-refractivity contribution in [1.82, 2.24) is 4.57 Å². The summed E-state index contributed by atoms with van der Waals surface area (Å²) in [5, 5.41) is 5.55. The molecule has 0 aliphatic carbocycles. The number of nitrogens with one attached hydrogen (secondary N) is 1. The van der Waals surface area contributed by atoms with E-state index in [0.717, 1.165) is 21.6 Å². The van der Waals surface area contributed by atoms with Crippen LogP contribution in [0.4, 0.5) is 5.69 Å². The van der Waals surface area contributed by atoms with Crippen molar-refractivity contribution >= 4 is 51.9 Å². The number of amides is 1. The van der Waals surface area contributed by atoms with Crippen molar-refractivity contribution in [2.75, 3.05) is 11.9 Å². The van der Waals surface area contributed by atoms with E-state index in [2.05, 4.69) is 11.9 Å². The van der Waals surface area contributed by atoms with Crippen LogP contribution in [0, 0.1) is 0 Å². The highest BCUT2D eigenvalue weighted by molar-refractivity contribution is 7.10. The van der Waals surface area contributed by atoms with Crippen molar-refractivity contribution in [3.8, 4) is 11.5 Å². The summed E-state index contributed by atoms with van der Waals surface area (Å²) in [6.07, 6.45) is 4.17. The van der Waals surface area contributed by atoms with Gasteiger partial charge in [-0.2, -0.15) is 0 Å². The molecule has 10 heteroatoms. The Morgan fingerprint density at radius 1 is 1.06 bits per heavy atom. The zero-order chi connectivity index (χ0) is 32.9. The molecule has 0 radical (unpaired) electrons. The number of rotatable bonds is 11. The monoisotopic (exact) mass is 681 g/mol. The van der Waals surface area contributed by atoms with E-state index >= 15 is 0 Å². The van der Waals surface area contributed by atoms with E-state index in [4.69, 9.17) is 26.1 Å². The van der Waals surface area contributed by atoms with Crippen LogP contribution >= 0.6 is 34.3 Å². The lowest BCUT2D eigenvalue weighted by molar-refractivity contribution is -0.113. The highest BCUT2D eigenvalue weighted by Crippen LogP contribution is 2.36. The molecule has 1 amide bonds. The molecular weight excluding hydrogens is 650 g/mol. The van der Waals surface area contributed by atoms with E-state index in [0.29, 0.717) is 55.8 Å². The highest BCUT2D eigenvalue weighted by Gasteiger charge is 2.33. The summed E-state index contributed by atoms with van der Waals surface area (Å²) < 4.78 is 14.4. The third-order valence-corrected chi connectivity index (χ3v) is 9.83. The number of aromatic nitrogens is 1. The molecule has 0 fully saturated rings. The molecule has 0 saturated carbocycles. The van der Waals surface area contributed by atoms with E-state index in [1.807, 2.05) is 104 Å². The van der Waals surface area contributed by atoms with Crippen LogP contribution in [0.2, 0.25) is 5.02 Å². The lowest BCUT2D eigenvalue weighted by atomic mass is 10.0.